The van der Waals surface area contributed by atoms with E-state index >= 15 is 0 Å². The molecule has 0 saturated carbocycles. The van der Waals surface area contributed by atoms with Gasteiger partial charge in [0.05, 0.1) is 10.6 Å². The molecule has 3 rings (SSSR count). The quantitative estimate of drug-likeness (QED) is 0.598. The fraction of sp³-hybridized carbons (Fsp3) is 0.350. The van der Waals surface area contributed by atoms with Crippen molar-refractivity contribution in [1.82, 2.24) is 10.2 Å². The SMILES string of the molecule is CN=C(NCc1ccc(S(C)(=O)=O)cc1)N1CCN(c2ccccc2O)CC1. The summed E-state index contributed by atoms with van der Waals surface area (Å²) in [6.07, 6.45) is 1.21. The molecule has 0 bridgehead atoms. The van der Waals surface area contributed by atoms with Gasteiger partial charge in [-0.05, 0) is 29.8 Å². The number of aliphatic imine (C=N–C) groups is 1. The van der Waals surface area contributed by atoms with E-state index in [4.69, 9.17) is 0 Å². The van der Waals surface area contributed by atoms with Crippen LogP contribution in [0.15, 0.2) is 58.4 Å². The van der Waals surface area contributed by atoms with E-state index in [9.17, 15) is 13.5 Å². The number of anilines is 1. The lowest BCUT2D eigenvalue weighted by atomic mass is 10.2. The minimum Gasteiger partial charge on any atom is -0.506 e. The van der Waals surface area contributed by atoms with Crippen LogP contribution in [0.2, 0.25) is 0 Å². The van der Waals surface area contributed by atoms with Gasteiger partial charge in [0.25, 0.3) is 0 Å². The molecule has 2 aromatic carbocycles. The average Bonchev–Trinajstić information content (AvgIpc) is 2.69. The molecule has 2 aromatic rings. The van der Waals surface area contributed by atoms with Crippen molar-refractivity contribution in [2.75, 3.05) is 44.4 Å². The molecular formula is C20H26N4O3S. The van der Waals surface area contributed by atoms with Crippen molar-refractivity contribution < 1.29 is 13.5 Å². The zero-order valence-corrected chi connectivity index (χ0v) is 17.0. The van der Waals surface area contributed by atoms with Gasteiger partial charge in [0.15, 0.2) is 15.8 Å². The summed E-state index contributed by atoms with van der Waals surface area (Å²) < 4.78 is 23.1. The van der Waals surface area contributed by atoms with Crippen LogP contribution in [0.3, 0.4) is 0 Å². The number of sulfone groups is 1. The number of rotatable bonds is 4. The van der Waals surface area contributed by atoms with E-state index < -0.39 is 9.84 Å². The van der Waals surface area contributed by atoms with Crippen molar-refractivity contribution in [2.24, 2.45) is 4.99 Å². The third kappa shape index (κ3) is 4.75. The Hall–Kier alpha value is -2.74. The third-order valence-corrected chi connectivity index (χ3v) is 5.94. The summed E-state index contributed by atoms with van der Waals surface area (Å²) in [7, 11) is -1.42. The van der Waals surface area contributed by atoms with Crippen LogP contribution in [0, 0.1) is 0 Å². The normalized spacial score (nSPS) is 15.6. The lowest BCUT2D eigenvalue weighted by Crippen LogP contribution is -2.52. The van der Waals surface area contributed by atoms with Gasteiger partial charge in [0.1, 0.15) is 5.75 Å². The average molecular weight is 403 g/mol. The van der Waals surface area contributed by atoms with Crippen LogP contribution in [0.1, 0.15) is 5.56 Å². The number of phenolic OH excluding ortho intramolecular Hbond substituents is 1. The van der Waals surface area contributed by atoms with Gasteiger partial charge in [0, 0.05) is 46.0 Å². The number of nitrogens with one attached hydrogen (secondary N) is 1. The predicted molar refractivity (Wildman–Crippen MR) is 112 cm³/mol. The highest BCUT2D eigenvalue weighted by molar-refractivity contribution is 7.90. The molecule has 28 heavy (non-hydrogen) atoms. The fourth-order valence-electron chi connectivity index (χ4n) is 3.26. The molecule has 1 saturated heterocycles. The first kappa shape index (κ1) is 20.0. The fourth-order valence-corrected chi connectivity index (χ4v) is 3.89. The molecule has 0 radical (unpaired) electrons. The maximum atomic E-state index is 11.6. The zero-order chi connectivity index (χ0) is 20.1. The molecule has 7 nitrogen and oxygen atoms in total. The number of para-hydroxylation sites is 2. The molecule has 2 N–H and O–H groups in total. The Morgan fingerprint density at radius 1 is 1.07 bits per heavy atom. The van der Waals surface area contributed by atoms with Gasteiger partial charge in [-0.2, -0.15) is 0 Å². The van der Waals surface area contributed by atoms with Gasteiger partial charge in [-0.1, -0.05) is 24.3 Å². The highest BCUT2D eigenvalue weighted by atomic mass is 32.2. The number of guanidine groups is 1. The smallest absolute Gasteiger partial charge is 0.194 e. The monoisotopic (exact) mass is 402 g/mol. The standard InChI is InChI=1S/C20H26N4O3S/c1-21-20(22-15-16-7-9-17(10-8-16)28(2,26)27)24-13-11-23(12-14-24)18-5-3-4-6-19(18)25/h3-10,25H,11-15H2,1-2H3,(H,21,22). The summed E-state index contributed by atoms with van der Waals surface area (Å²) in [5, 5.41) is 13.4. The lowest BCUT2D eigenvalue weighted by molar-refractivity contribution is 0.369. The Balaban J connectivity index is 1.56. The second-order valence-electron chi connectivity index (χ2n) is 6.78. The van der Waals surface area contributed by atoms with E-state index in [0.717, 1.165) is 43.4 Å². The summed E-state index contributed by atoms with van der Waals surface area (Å²) in [4.78, 5) is 9.04. The number of nitrogens with zero attached hydrogens (tertiary/aromatic N) is 3. The number of phenols is 1. The van der Waals surface area contributed by atoms with E-state index in [0.29, 0.717) is 17.2 Å². The molecule has 8 heteroatoms. The number of hydrogen-bond acceptors (Lipinski definition) is 5. The van der Waals surface area contributed by atoms with E-state index in [2.05, 4.69) is 20.1 Å². The van der Waals surface area contributed by atoms with Crippen molar-refractivity contribution >= 4 is 21.5 Å². The molecule has 0 amide bonds. The van der Waals surface area contributed by atoms with Crippen molar-refractivity contribution in [2.45, 2.75) is 11.4 Å². The topological polar surface area (TPSA) is 85.2 Å². The summed E-state index contributed by atoms with van der Waals surface area (Å²) in [5.41, 5.74) is 1.84. The highest BCUT2D eigenvalue weighted by Gasteiger charge is 2.21. The van der Waals surface area contributed by atoms with Crippen molar-refractivity contribution in [3.63, 3.8) is 0 Å². The zero-order valence-electron chi connectivity index (χ0n) is 16.2. The number of hydrogen-bond donors (Lipinski definition) is 2. The van der Waals surface area contributed by atoms with Gasteiger partial charge in [-0.25, -0.2) is 8.42 Å². The Labute approximate surface area is 166 Å². The highest BCUT2D eigenvalue weighted by Crippen LogP contribution is 2.27. The van der Waals surface area contributed by atoms with E-state index in [1.54, 1.807) is 25.2 Å². The van der Waals surface area contributed by atoms with Crippen molar-refractivity contribution in [1.29, 1.82) is 0 Å². The van der Waals surface area contributed by atoms with Gasteiger partial charge in [-0.15, -0.1) is 0 Å². The van der Waals surface area contributed by atoms with Gasteiger partial charge in [0.2, 0.25) is 0 Å². The maximum absolute atomic E-state index is 11.6. The maximum Gasteiger partial charge on any atom is 0.194 e. The Bertz CT molecular complexity index is 934. The molecule has 0 unspecified atom stereocenters. The van der Waals surface area contributed by atoms with Crippen LogP contribution in [0.25, 0.3) is 0 Å². The van der Waals surface area contributed by atoms with E-state index in [1.165, 1.54) is 6.26 Å². The van der Waals surface area contributed by atoms with Gasteiger partial charge >= 0.3 is 0 Å². The lowest BCUT2D eigenvalue weighted by Gasteiger charge is -2.37. The molecule has 0 spiro atoms. The molecule has 1 fully saturated rings. The molecule has 0 aromatic heterocycles. The van der Waals surface area contributed by atoms with Gasteiger partial charge in [-0.3, -0.25) is 4.99 Å². The van der Waals surface area contributed by atoms with Gasteiger partial charge < -0.3 is 20.2 Å². The van der Waals surface area contributed by atoms with Crippen LogP contribution in [0.4, 0.5) is 5.69 Å². The largest absolute Gasteiger partial charge is 0.506 e. The predicted octanol–water partition coefficient (Wildman–Crippen LogP) is 1.69. The molecule has 0 aliphatic carbocycles. The first-order valence-corrected chi connectivity index (χ1v) is 11.0. The summed E-state index contributed by atoms with van der Waals surface area (Å²) in [6.45, 7) is 3.74. The van der Waals surface area contributed by atoms with Crippen LogP contribution < -0.4 is 10.2 Å². The Morgan fingerprint density at radius 3 is 2.29 bits per heavy atom. The minimum atomic E-state index is -3.18. The van der Waals surface area contributed by atoms with Crippen molar-refractivity contribution in [3.8, 4) is 5.75 Å². The van der Waals surface area contributed by atoms with Crippen molar-refractivity contribution in [3.05, 3.63) is 54.1 Å². The summed E-state index contributed by atoms with van der Waals surface area (Å²) in [5.74, 6) is 1.11. The molecule has 1 heterocycles. The number of piperazine rings is 1. The molecule has 150 valence electrons. The van der Waals surface area contributed by atoms with E-state index in [-0.39, 0.29) is 0 Å². The Morgan fingerprint density at radius 2 is 1.71 bits per heavy atom. The molecule has 1 aliphatic heterocycles. The first-order valence-electron chi connectivity index (χ1n) is 9.16. The second-order valence-corrected chi connectivity index (χ2v) is 8.80. The minimum absolute atomic E-state index is 0.302. The number of benzene rings is 2. The first-order chi connectivity index (χ1) is 13.4. The third-order valence-electron chi connectivity index (χ3n) is 4.82. The van der Waals surface area contributed by atoms with E-state index in [1.807, 2.05) is 30.3 Å². The van der Waals surface area contributed by atoms with Crippen LogP contribution >= 0.6 is 0 Å². The molecule has 0 atom stereocenters. The Kier molecular flexibility index (Phi) is 6.08. The summed E-state index contributed by atoms with van der Waals surface area (Å²) in [6, 6.07) is 14.3. The number of aromatic hydroxyl groups is 1. The summed E-state index contributed by atoms with van der Waals surface area (Å²) >= 11 is 0. The van der Waals surface area contributed by atoms with Crippen LogP contribution in [0.5, 0.6) is 5.75 Å². The molecule has 1 aliphatic rings. The van der Waals surface area contributed by atoms with Crippen LogP contribution in [-0.4, -0.2) is 63.9 Å². The second kappa shape index (κ2) is 8.52. The van der Waals surface area contributed by atoms with Crippen LogP contribution in [-0.2, 0) is 16.4 Å². The molecular weight excluding hydrogens is 376 g/mol.